The van der Waals surface area contributed by atoms with Gasteiger partial charge >= 0.3 is 5.97 Å². The molecule has 2 unspecified atom stereocenters. The van der Waals surface area contributed by atoms with E-state index in [1.807, 2.05) is 0 Å². The van der Waals surface area contributed by atoms with Gasteiger partial charge < -0.3 is 15.4 Å². The Morgan fingerprint density at radius 3 is 2.81 bits per heavy atom. The minimum Gasteiger partial charge on any atom is -0.468 e. The smallest absolute Gasteiger partial charge is 0.322 e. The highest BCUT2D eigenvalue weighted by molar-refractivity contribution is 5.75. The first-order valence-electron chi connectivity index (χ1n) is 6.18. The quantitative estimate of drug-likeness (QED) is 0.664. The van der Waals surface area contributed by atoms with E-state index in [1.165, 1.54) is 20.0 Å². The molecule has 1 aliphatic rings. The van der Waals surface area contributed by atoms with Gasteiger partial charge in [0, 0.05) is 12.6 Å². The molecule has 0 spiro atoms. The van der Waals surface area contributed by atoms with Crippen molar-refractivity contribution in [1.29, 1.82) is 0 Å². The van der Waals surface area contributed by atoms with Crippen molar-refractivity contribution in [3.8, 4) is 0 Å². The zero-order chi connectivity index (χ0) is 12.0. The summed E-state index contributed by atoms with van der Waals surface area (Å²) in [4.78, 5) is 11.5. The lowest BCUT2D eigenvalue weighted by Gasteiger charge is -2.20. The van der Waals surface area contributed by atoms with Crippen LogP contribution in [0.4, 0.5) is 0 Å². The highest BCUT2D eigenvalue weighted by atomic mass is 16.5. The maximum Gasteiger partial charge on any atom is 0.322 e. The topological polar surface area (TPSA) is 50.4 Å². The van der Waals surface area contributed by atoms with E-state index in [0.717, 1.165) is 19.5 Å². The van der Waals surface area contributed by atoms with E-state index in [0.29, 0.717) is 12.0 Å². The Kier molecular flexibility index (Phi) is 5.77. The molecule has 0 aromatic heterocycles. The van der Waals surface area contributed by atoms with Crippen molar-refractivity contribution in [1.82, 2.24) is 10.6 Å². The molecule has 1 fully saturated rings. The SMILES string of the molecule is COC(=O)C(CC(C)C)NCC1CCCN1. The van der Waals surface area contributed by atoms with Crippen LogP contribution in [0.25, 0.3) is 0 Å². The predicted molar refractivity (Wildman–Crippen MR) is 64.3 cm³/mol. The Morgan fingerprint density at radius 1 is 1.56 bits per heavy atom. The van der Waals surface area contributed by atoms with Crippen LogP contribution >= 0.6 is 0 Å². The molecule has 2 atom stereocenters. The second-order valence-electron chi connectivity index (χ2n) is 4.91. The maximum absolute atomic E-state index is 11.5. The minimum atomic E-state index is -0.160. The molecule has 0 bridgehead atoms. The van der Waals surface area contributed by atoms with E-state index in [2.05, 4.69) is 24.5 Å². The number of hydrogen-bond acceptors (Lipinski definition) is 4. The van der Waals surface area contributed by atoms with Crippen LogP contribution in [0.5, 0.6) is 0 Å². The Labute approximate surface area is 98.1 Å². The van der Waals surface area contributed by atoms with Crippen LogP contribution in [0.3, 0.4) is 0 Å². The van der Waals surface area contributed by atoms with Gasteiger partial charge in [0.1, 0.15) is 6.04 Å². The number of rotatable bonds is 6. The van der Waals surface area contributed by atoms with Crippen molar-refractivity contribution in [3.63, 3.8) is 0 Å². The molecule has 0 aromatic rings. The minimum absolute atomic E-state index is 0.147. The first kappa shape index (κ1) is 13.5. The summed E-state index contributed by atoms with van der Waals surface area (Å²) in [6, 6.07) is 0.353. The van der Waals surface area contributed by atoms with Crippen molar-refractivity contribution >= 4 is 5.97 Å². The fourth-order valence-corrected chi connectivity index (χ4v) is 2.09. The molecule has 1 rings (SSSR count). The van der Waals surface area contributed by atoms with Gasteiger partial charge in [0.15, 0.2) is 0 Å². The molecular formula is C12H24N2O2. The van der Waals surface area contributed by atoms with E-state index in [4.69, 9.17) is 4.74 Å². The number of ether oxygens (including phenoxy) is 1. The summed E-state index contributed by atoms with van der Waals surface area (Å²) in [7, 11) is 1.45. The second-order valence-corrected chi connectivity index (χ2v) is 4.91. The zero-order valence-electron chi connectivity index (χ0n) is 10.6. The van der Waals surface area contributed by atoms with Gasteiger partial charge in [-0.15, -0.1) is 0 Å². The Morgan fingerprint density at radius 2 is 2.31 bits per heavy atom. The third-order valence-corrected chi connectivity index (χ3v) is 2.97. The predicted octanol–water partition coefficient (Wildman–Crippen LogP) is 0.916. The van der Waals surface area contributed by atoms with E-state index in [-0.39, 0.29) is 12.0 Å². The molecule has 0 amide bonds. The van der Waals surface area contributed by atoms with Crippen molar-refractivity contribution < 1.29 is 9.53 Å². The van der Waals surface area contributed by atoms with Crippen LogP contribution in [0, 0.1) is 5.92 Å². The van der Waals surface area contributed by atoms with Gasteiger partial charge in [-0.25, -0.2) is 0 Å². The average Bonchev–Trinajstić information content (AvgIpc) is 2.75. The van der Waals surface area contributed by atoms with Gasteiger partial charge in [-0.2, -0.15) is 0 Å². The number of carbonyl (C=O) groups is 1. The lowest BCUT2D eigenvalue weighted by atomic mass is 10.0. The first-order valence-corrected chi connectivity index (χ1v) is 6.18. The highest BCUT2D eigenvalue weighted by Crippen LogP contribution is 2.08. The number of carbonyl (C=O) groups excluding carboxylic acids is 1. The molecule has 4 nitrogen and oxygen atoms in total. The standard InChI is InChI=1S/C12H24N2O2/c1-9(2)7-11(12(15)16-3)14-8-10-5-4-6-13-10/h9-11,13-14H,4-8H2,1-3H3. The molecule has 4 heteroatoms. The molecule has 0 aliphatic carbocycles. The number of hydrogen-bond donors (Lipinski definition) is 2. The molecule has 16 heavy (non-hydrogen) atoms. The van der Waals surface area contributed by atoms with Crippen molar-refractivity contribution in [3.05, 3.63) is 0 Å². The zero-order valence-corrected chi connectivity index (χ0v) is 10.6. The molecule has 94 valence electrons. The van der Waals surface area contributed by atoms with E-state index in [9.17, 15) is 4.79 Å². The number of nitrogens with one attached hydrogen (secondary N) is 2. The molecular weight excluding hydrogens is 204 g/mol. The van der Waals surface area contributed by atoms with Crippen molar-refractivity contribution in [2.75, 3.05) is 20.2 Å². The van der Waals surface area contributed by atoms with Crippen LogP contribution in [0.15, 0.2) is 0 Å². The van der Waals surface area contributed by atoms with Gasteiger partial charge in [0.05, 0.1) is 7.11 Å². The largest absolute Gasteiger partial charge is 0.468 e. The van der Waals surface area contributed by atoms with Gasteiger partial charge in [0.2, 0.25) is 0 Å². The fourth-order valence-electron chi connectivity index (χ4n) is 2.09. The summed E-state index contributed by atoms with van der Waals surface area (Å²) >= 11 is 0. The van der Waals surface area contributed by atoms with Crippen LogP contribution < -0.4 is 10.6 Å². The summed E-state index contributed by atoms with van der Waals surface area (Å²) in [6.07, 6.45) is 3.27. The lowest BCUT2D eigenvalue weighted by Crippen LogP contribution is -2.44. The summed E-state index contributed by atoms with van der Waals surface area (Å²) in [5, 5.41) is 6.71. The van der Waals surface area contributed by atoms with Crippen LogP contribution in [-0.4, -0.2) is 38.3 Å². The monoisotopic (exact) mass is 228 g/mol. The van der Waals surface area contributed by atoms with Crippen LogP contribution in [-0.2, 0) is 9.53 Å². The highest BCUT2D eigenvalue weighted by Gasteiger charge is 2.22. The van der Waals surface area contributed by atoms with Crippen molar-refractivity contribution in [2.24, 2.45) is 5.92 Å². The van der Waals surface area contributed by atoms with Crippen LogP contribution in [0.2, 0.25) is 0 Å². The fraction of sp³-hybridized carbons (Fsp3) is 0.917. The Hall–Kier alpha value is -0.610. The maximum atomic E-state index is 11.5. The van der Waals surface area contributed by atoms with E-state index >= 15 is 0 Å². The first-order chi connectivity index (χ1) is 7.63. The van der Waals surface area contributed by atoms with Gasteiger partial charge in [-0.1, -0.05) is 13.8 Å². The van der Waals surface area contributed by atoms with Gasteiger partial charge in [0.25, 0.3) is 0 Å². The summed E-state index contributed by atoms with van der Waals surface area (Å²) in [6.45, 7) is 6.18. The van der Waals surface area contributed by atoms with E-state index < -0.39 is 0 Å². The molecule has 1 heterocycles. The lowest BCUT2D eigenvalue weighted by molar-refractivity contribution is -0.143. The molecule has 1 aliphatic heterocycles. The molecule has 0 aromatic carbocycles. The molecule has 0 saturated carbocycles. The number of esters is 1. The average molecular weight is 228 g/mol. The third kappa shape index (κ3) is 4.49. The van der Waals surface area contributed by atoms with Crippen LogP contribution in [0.1, 0.15) is 33.1 Å². The van der Waals surface area contributed by atoms with Gasteiger partial charge in [-0.05, 0) is 31.7 Å². The molecule has 2 N–H and O–H groups in total. The summed E-state index contributed by atoms with van der Waals surface area (Å²) in [5.41, 5.74) is 0. The summed E-state index contributed by atoms with van der Waals surface area (Å²) < 4.78 is 4.81. The second kappa shape index (κ2) is 6.86. The summed E-state index contributed by atoms with van der Waals surface area (Å²) in [5.74, 6) is 0.347. The Bertz CT molecular complexity index is 213. The van der Waals surface area contributed by atoms with Gasteiger partial charge in [-0.3, -0.25) is 4.79 Å². The van der Waals surface area contributed by atoms with Crippen molar-refractivity contribution in [2.45, 2.75) is 45.2 Å². The molecule has 1 saturated heterocycles. The number of methoxy groups -OCH3 is 1. The normalized spacial score (nSPS) is 22.4. The molecule has 0 radical (unpaired) electrons. The van der Waals surface area contributed by atoms with E-state index in [1.54, 1.807) is 0 Å². The Balaban J connectivity index is 2.33. The third-order valence-electron chi connectivity index (χ3n) is 2.97.